The molecular weight excluding hydrogens is 524 g/mol. The van der Waals surface area contributed by atoms with Gasteiger partial charge >= 0.3 is 12.1 Å². The first-order valence-electron chi connectivity index (χ1n) is 13.3. The molecule has 0 aliphatic carbocycles. The van der Waals surface area contributed by atoms with E-state index in [0.29, 0.717) is 17.9 Å². The summed E-state index contributed by atoms with van der Waals surface area (Å²) in [5.74, 6) is -0.0544. The zero-order valence-corrected chi connectivity index (χ0v) is 24.2. The standard InChI is InChI=1S/C31H38N4O6/c1-23-13-9-8-12-20-32-34-35(23)39-22-38-26-18-16-24(17-19-26)21-27(33-29(37)41-30(2,3)4)28(36)40-31(5,6)25-14-10-7-11-15-25/h7,9-20,27H,1,8,21-22H2,2-6H3,(H,33,37)/b13-9-,20-12+,34-32?. The molecule has 1 atom stereocenters. The van der Waals surface area contributed by atoms with Crippen LogP contribution in [0.5, 0.6) is 5.75 Å². The zero-order chi connectivity index (χ0) is 29.9. The minimum atomic E-state index is -0.988. The number of rotatable bonds is 10. The zero-order valence-electron chi connectivity index (χ0n) is 24.2. The number of nitrogens with zero attached hydrogens (tertiary/aromatic N) is 3. The maximum atomic E-state index is 13.3. The number of hydrogen-bond donors (Lipinski definition) is 1. The molecule has 0 fully saturated rings. The summed E-state index contributed by atoms with van der Waals surface area (Å²) in [4.78, 5) is 31.4. The number of amides is 1. The number of ether oxygens (including phenoxy) is 3. The summed E-state index contributed by atoms with van der Waals surface area (Å²) in [6.45, 7) is 12.6. The number of esters is 1. The predicted octanol–water partition coefficient (Wildman–Crippen LogP) is 6.53. The normalized spacial score (nSPS) is 16.0. The van der Waals surface area contributed by atoms with Gasteiger partial charge in [0.2, 0.25) is 6.79 Å². The van der Waals surface area contributed by atoms with Crippen LogP contribution in [0.2, 0.25) is 0 Å². The summed E-state index contributed by atoms with van der Waals surface area (Å²) in [7, 11) is 0. The molecule has 1 heterocycles. The Hall–Kier alpha value is -4.44. The largest absolute Gasteiger partial charge is 0.465 e. The van der Waals surface area contributed by atoms with Gasteiger partial charge in [0.15, 0.2) is 0 Å². The van der Waals surface area contributed by atoms with Crippen LogP contribution in [0.1, 0.15) is 52.2 Å². The smallest absolute Gasteiger partial charge is 0.408 e. The third kappa shape index (κ3) is 10.6. The molecule has 2 aromatic carbocycles. The van der Waals surface area contributed by atoms with Crippen molar-refractivity contribution in [2.75, 3.05) is 6.79 Å². The quantitative estimate of drug-likeness (QED) is 0.259. The molecule has 218 valence electrons. The van der Waals surface area contributed by atoms with Crippen LogP contribution < -0.4 is 10.1 Å². The fourth-order valence-corrected chi connectivity index (χ4v) is 3.66. The lowest BCUT2D eigenvalue weighted by Crippen LogP contribution is -2.47. The lowest BCUT2D eigenvalue weighted by atomic mass is 9.98. The number of benzene rings is 2. The minimum Gasteiger partial charge on any atom is -0.465 e. The SMILES string of the molecule is C=C1/C=C\C/C=C/N=NN1OCOc1ccc(CC(NC(=O)OC(C)(C)C)C(=O)OC(C)(C)c2ccccc2)cc1. The van der Waals surface area contributed by atoms with Crippen LogP contribution in [0.3, 0.4) is 0 Å². The molecular formula is C31H38N4O6. The molecule has 1 aliphatic heterocycles. The van der Waals surface area contributed by atoms with Crippen LogP contribution in [-0.4, -0.2) is 35.7 Å². The van der Waals surface area contributed by atoms with Crippen molar-refractivity contribution in [2.45, 2.75) is 64.7 Å². The Morgan fingerprint density at radius 1 is 1.00 bits per heavy atom. The van der Waals surface area contributed by atoms with Crippen LogP contribution in [0.25, 0.3) is 0 Å². The van der Waals surface area contributed by atoms with Crippen LogP contribution in [0.15, 0.2) is 102 Å². The maximum absolute atomic E-state index is 13.3. The molecule has 0 saturated carbocycles. The molecule has 10 heteroatoms. The van der Waals surface area contributed by atoms with Crippen LogP contribution in [0.4, 0.5) is 4.79 Å². The van der Waals surface area contributed by atoms with Crippen molar-refractivity contribution < 1.29 is 28.6 Å². The van der Waals surface area contributed by atoms with E-state index >= 15 is 0 Å². The molecule has 1 amide bonds. The monoisotopic (exact) mass is 562 g/mol. The molecule has 0 bridgehead atoms. The first-order chi connectivity index (χ1) is 19.4. The highest BCUT2D eigenvalue weighted by atomic mass is 16.8. The molecule has 1 N–H and O–H groups in total. The first-order valence-corrected chi connectivity index (χ1v) is 13.3. The van der Waals surface area contributed by atoms with E-state index in [4.69, 9.17) is 19.0 Å². The van der Waals surface area contributed by atoms with Gasteiger partial charge < -0.3 is 19.5 Å². The Morgan fingerprint density at radius 2 is 1.71 bits per heavy atom. The maximum Gasteiger partial charge on any atom is 0.408 e. The Morgan fingerprint density at radius 3 is 2.39 bits per heavy atom. The fraction of sp³-hybridized carbons (Fsp3) is 0.355. The van der Waals surface area contributed by atoms with E-state index in [2.05, 4.69) is 22.2 Å². The fourth-order valence-electron chi connectivity index (χ4n) is 3.66. The van der Waals surface area contributed by atoms with Gasteiger partial charge in [-0.1, -0.05) is 61.2 Å². The number of carbonyl (C=O) groups excluding carboxylic acids is 2. The first kappa shape index (κ1) is 31.1. The summed E-state index contributed by atoms with van der Waals surface area (Å²) < 4.78 is 16.9. The summed E-state index contributed by atoms with van der Waals surface area (Å²) in [6.07, 6.45) is 7.29. The van der Waals surface area contributed by atoms with Gasteiger partial charge in [0.25, 0.3) is 0 Å². The second-order valence-electron chi connectivity index (χ2n) is 10.7. The van der Waals surface area contributed by atoms with Crippen LogP contribution in [0, 0.1) is 0 Å². The molecule has 0 aromatic heterocycles. The van der Waals surface area contributed by atoms with Crippen molar-refractivity contribution in [1.29, 1.82) is 0 Å². The summed E-state index contributed by atoms with van der Waals surface area (Å²) in [5.41, 5.74) is 0.467. The van der Waals surface area contributed by atoms with Gasteiger partial charge in [-0.2, -0.15) is 0 Å². The van der Waals surface area contributed by atoms with Gasteiger partial charge in [-0.05, 0) is 75.6 Å². The van der Waals surface area contributed by atoms with Gasteiger partial charge in [-0.3, -0.25) is 0 Å². The molecule has 0 saturated heterocycles. The molecule has 1 unspecified atom stereocenters. The van der Waals surface area contributed by atoms with Gasteiger partial charge in [0.1, 0.15) is 23.0 Å². The second-order valence-corrected chi connectivity index (χ2v) is 10.7. The van der Waals surface area contributed by atoms with E-state index in [0.717, 1.165) is 11.1 Å². The van der Waals surface area contributed by atoms with Crippen molar-refractivity contribution in [1.82, 2.24) is 10.5 Å². The molecule has 1 aliphatic rings. The number of carbonyl (C=O) groups is 2. The molecule has 10 nitrogen and oxygen atoms in total. The number of alkyl carbamates (subject to hydrolysis) is 1. The van der Waals surface area contributed by atoms with Crippen LogP contribution >= 0.6 is 0 Å². The van der Waals surface area contributed by atoms with Gasteiger partial charge in [-0.15, -0.1) is 10.3 Å². The van der Waals surface area contributed by atoms with Gasteiger partial charge in [0, 0.05) is 12.6 Å². The Bertz CT molecular complexity index is 1260. The van der Waals surface area contributed by atoms with E-state index in [-0.39, 0.29) is 13.2 Å². The molecule has 41 heavy (non-hydrogen) atoms. The van der Waals surface area contributed by atoms with Gasteiger partial charge in [0.05, 0.1) is 5.70 Å². The van der Waals surface area contributed by atoms with Gasteiger partial charge in [-0.25, -0.2) is 14.4 Å². The highest BCUT2D eigenvalue weighted by Crippen LogP contribution is 2.25. The number of allylic oxidation sites excluding steroid dienone is 3. The van der Waals surface area contributed by atoms with E-state index in [1.54, 1.807) is 71.2 Å². The van der Waals surface area contributed by atoms with E-state index < -0.39 is 29.3 Å². The number of hydrogen-bond acceptors (Lipinski definition) is 9. The molecule has 2 aromatic rings. The average Bonchev–Trinajstić information content (AvgIpc) is 3.00. The third-order valence-corrected chi connectivity index (χ3v) is 5.70. The third-order valence-electron chi connectivity index (χ3n) is 5.70. The lowest BCUT2D eigenvalue weighted by molar-refractivity contribution is -0.181. The highest BCUT2D eigenvalue weighted by molar-refractivity contribution is 5.82. The Kier molecular flexibility index (Phi) is 10.8. The average molecular weight is 563 g/mol. The van der Waals surface area contributed by atoms with Crippen molar-refractivity contribution in [3.8, 4) is 5.75 Å². The van der Waals surface area contributed by atoms with Crippen LogP contribution in [-0.2, 0) is 31.1 Å². The summed E-state index contributed by atoms with van der Waals surface area (Å²) in [5, 5.41) is 11.7. The Balaban J connectivity index is 1.65. The van der Waals surface area contributed by atoms with Crippen molar-refractivity contribution in [2.24, 2.45) is 10.3 Å². The van der Waals surface area contributed by atoms with E-state index in [9.17, 15) is 9.59 Å². The van der Waals surface area contributed by atoms with Crippen molar-refractivity contribution in [3.63, 3.8) is 0 Å². The second kappa shape index (κ2) is 14.3. The topological polar surface area (TPSA) is 111 Å². The summed E-state index contributed by atoms with van der Waals surface area (Å²) in [6, 6.07) is 15.5. The molecule has 3 rings (SSSR count). The molecule has 0 radical (unpaired) electrons. The lowest BCUT2D eigenvalue weighted by Gasteiger charge is -2.29. The van der Waals surface area contributed by atoms with Crippen molar-refractivity contribution >= 4 is 12.1 Å². The van der Waals surface area contributed by atoms with E-state index in [1.807, 2.05) is 42.5 Å². The Labute approximate surface area is 241 Å². The number of hydroxylamine groups is 1. The predicted molar refractivity (Wildman–Crippen MR) is 154 cm³/mol. The highest BCUT2D eigenvalue weighted by Gasteiger charge is 2.32. The molecule has 0 spiro atoms. The number of nitrogens with one attached hydrogen (secondary N) is 1. The van der Waals surface area contributed by atoms with E-state index in [1.165, 1.54) is 5.17 Å². The summed E-state index contributed by atoms with van der Waals surface area (Å²) >= 11 is 0. The van der Waals surface area contributed by atoms with Crippen molar-refractivity contribution in [3.05, 3.63) is 102 Å². The minimum absolute atomic E-state index is 0.140.